The molecular formula is C15H12ClNO3. The minimum Gasteiger partial charge on any atom is -0.495 e. The zero-order valence-corrected chi connectivity index (χ0v) is 11.5. The van der Waals surface area contributed by atoms with E-state index in [2.05, 4.69) is 5.32 Å². The lowest BCUT2D eigenvalue weighted by molar-refractivity contribution is -0.113. The molecule has 0 aliphatic rings. The minimum atomic E-state index is -0.291. The van der Waals surface area contributed by atoms with Crippen molar-refractivity contribution in [3.8, 4) is 5.75 Å². The third-order valence-corrected chi connectivity index (χ3v) is 3.34. The first-order valence-corrected chi connectivity index (χ1v) is 6.61. The van der Waals surface area contributed by atoms with Gasteiger partial charge in [-0.05, 0) is 12.1 Å². The molecule has 0 unspecified atom stereocenters. The Hall–Kier alpha value is -2.20. The summed E-state index contributed by atoms with van der Waals surface area (Å²) in [6.45, 7) is 0. The second-order valence-corrected chi connectivity index (χ2v) is 4.60. The topological polar surface area (TPSA) is 51.5 Å². The van der Waals surface area contributed by atoms with Crippen LogP contribution in [0.1, 0.15) is 0 Å². The van der Waals surface area contributed by atoms with Gasteiger partial charge >= 0.3 is 0 Å². The molecule has 2 aromatic carbocycles. The molecule has 0 atom stereocenters. The number of ether oxygens (including phenoxy) is 1. The summed E-state index contributed by atoms with van der Waals surface area (Å²) in [6.07, 6.45) is 0. The average Bonchev–Trinajstić information content (AvgIpc) is 2.83. The molecule has 1 N–H and O–H groups in total. The molecule has 0 saturated heterocycles. The number of anilines is 1. The van der Waals surface area contributed by atoms with Gasteiger partial charge in [-0.15, -0.1) is 11.6 Å². The summed E-state index contributed by atoms with van der Waals surface area (Å²) in [5.74, 6) is 0.171. The summed E-state index contributed by atoms with van der Waals surface area (Å²) < 4.78 is 11.1. The first kappa shape index (κ1) is 12.8. The maximum atomic E-state index is 11.4. The molecule has 0 bridgehead atoms. The Kier molecular flexibility index (Phi) is 3.24. The molecule has 102 valence electrons. The van der Waals surface area contributed by atoms with E-state index in [4.69, 9.17) is 20.8 Å². The van der Waals surface area contributed by atoms with E-state index < -0.39 is 0 Å². The fourth-order valence-electron chi connectivity index (χ4n) is 2.20. The molecule has 3 aromatic rings. The van der Waals surface area contributed by atoms with Gasteiger partial charge in [0, 0.05) is 16.8 Å². The van der Waals surface area contributed by atoms with Crippen LogP contribution in [0.4, 0.5) is 5.69 Å². The number of amides is 1. The van der Waals surface area contributed by atoms with Gasteiger partial charge in [-0.1, -0.05) is 18.2 Å². The van der Waals surface area contributed by atoms with Crippen LogP contribution in [0.25, 0.3) is 21.9 Å². The van der Waals surface area contributed by atoms with Gasteiger partial charge in [-0.25, -0.2) is 0 Å². The maximum Gasteiger partial charge on any atom is 0.239 e. The van der Waals surface area contributed by atoms with E-state index >= 15 is 0 Å². The summed E-state index contributed by atoms with van der Waals surface area (Å²) in [6, 6.07) is 11.4. The summed E-state index contributed by atoms with van der Waals surface area (Å²) >= 11 is 5.50. The second kappa shape index (κ2) is 5.06. The van der Waals surface area contributed by atoms with E-state index in [-0.39, 0.29) is 11.8 Å². The number of halogens is 1. The lowest BCUT2D eigenvalue weighted by Crippen LogP contribution is -2.13. The Morgan fingerprint density at radius 2 is 2.05 bits per heavy atom. The van der Waals surface area contributed by atoms with Crippen molar-refractivity contribution >= 4 is 45.1 Å². The zero-order chi connectivity index (χ0) is 14.1. The number of nitrogens with one attached hydrogen (secondary N) is 1. The van der Waals surface area contributed by atoms with Crippen LogP contribution >= 0.6 is 11.6 Å². The summed E-state index contributed by atoms with van der Waals surface area (Å²) in [4.78, 5) is 11.4. The lowest BCUT2D eigenvalue weighted by atomic mass is 10.1. The Balaban J connectivity index is 2.21. The maximum absolute atomic E-state index is 11.4. The fourth-order valence-corrected chi connectivity index (χ4v) is 2.27. The third-order valence-electron chi connectivity index (χ3n) is 3.09. The van der Waals surface area contributed by atoms with Crippen LogP contribution in [-0.2, 0) is 4.79 Å². The standard InChI is InChI=1S/C15H12ClNO3/c1-19-14-6-10-9-4-2-3-5-12(9)20-13(10)7-11(14)17-15(18)8-16/h2-7H,8H2,1H3,(H,17,18). The molecule has 0 radical (unpaired) electrons. The van der Waals surface area contributed by atoms with Crippen LogP contribution in [0.3, 0.4) is 0 Å². The van der Waals surface area contributed by atoms with Crippen molar-refractivity contribution in [1.82, 2.24) is 0 Å². The van der Waals surface area contributed by atoms with Crippen LogP contribution in [-0.4, -0.2) is 18.9 Å². The molecule has 1 amide bonds. The molecular weight excluding hydrogens is 278 g/mol. The van der Waals surface area contributed by atoms with Crippen molar-refractivity contribution in [2.24, 2.45) is 0 Å². The predicted octanol–water partition coefficient (Wildman–Crippen LogP) is 3.77. The molecule has 0 aliphatic carbocycles. The largest absolute Gasteiger partial charge is 0.495 e. The van der Waals surface area contributed by atoms with Gasteiger partial charge in [0.2, 0.25) is 5.91 Å². The molecule has 1 aromatic heterocycles. The number of carbonyl (C=O) groups is 1. The molecule has 0 aliphatic heterocycles. The van der Waals surface area contributed by atoms with Crippen molar-refractivity contribution in [1.29, 1.82) is 0 Å². The molecule has 20 heavy (non-hydrogen) atoms. The minimum absolute atomic E-state index is 0.110. The number of furan rings is 1. The van der Waals surface area contributed by atoms with Crippen molar-refractivity contribution < 1.29 is 13.9 Å². The lowest BCUT2D eigenvalue weighted by Gasteiger charge is -2.09. The third kappa shape index (κ3) is 2.08. The van der Waals surface area contributed by atoms with E-state index in [9.17, 15) is 4.79 Å². The van der Waals surface area contributed by atoms with Crippen LogP contribution in [0.5, 0.6) is 5.75 Å². The van der Waals surface area contributed by atoms with E-state index in [1.807, 2.05) is 30.3 Å². The molecule has 1 heterocycles. The van der Waals surface area contributed by atoms with Crippen molar-refractivity contribution in [3.63, 3.8) is 0 Å². The van der Waals surface area contributed by atoms with Crippen LogP contribution in [0, 0.1) is 0 Å². The summed E-state index contributed by atoms with van der Waals surface area (Å²) in [5, 5.41) is 4.65. The van der Waals surface area contributed by atoms with Gasteiger partial charge in [-0.2, -0.15) is 0 Å². The predicted molar refractivity (Wildman–Crippen MR) is 79.6 cm³/mol. The number of benzene rings is 2. The van der Waals surface area contributed by atoms with Crippen LogP contribution in [0.2, 0.25) is 0 Å². The monoisotopic (exact) mass is 289 g/mol. The highest BCUT2D eigenvalue weighted by Crippen LogP contribution is 2.36. The van der Waals surface area contributed by atoms with Gasteiger partial charge in [0.05, 0.1) is 12.8 Å². The summed E-state index contributed by atoms with van der Waals surface area (Å²) in [5.41, 5.74) is 2.03. The summed E-state index contributed by atoms with van der Waals surface area (Å²) in [7, 11) is 1.56. The number of rotatable bonds is 3. The highest BCUT2D eigenvalue weighted by Gasteiger charge is 2.13. The van der Waals surface area contributed by atoms with Gasteiger partial charge < -0.3 is 14.5 Å². The highest BCUT2D eigenvalue weighted by molar-refractivity contribution is 6.29. The second-order valence-electron chi connectivity index (χ2n) is 4.33. The quantitative estimate of drug-likeness (QED) is 0.747. The van der Waals surface area contributed by atoms with E-state index in [0.29, 0.717) is 17.0 Å². The molecule has 0 saturated carbocycles. The Labute approximate surface area is 120 Å². The van der Waals surface area contributed by atoms with E-state index in [0.717, 1.165) is 16.4 Å². The number of hydrogen-bond donors (Lipinski definition) is 1. The number of methoxy groups -OCH3 is 1. The smallest absolute Gasteiger partial charge is 0.239 e. The Morgan fingerprint density at radius 3 is 2.80 bits per heavy atom. The molecule has 3 rings (SSSR count). The first-order chi connectivity index (χ1) is 9.72. The number of alkyl halides is 1. The normalized spacial score (nSPS) is 10.9. The highest BCUT2D eigenvalue weighted by atomic mass is 35.5. The first-order valence-electron chi connectivity index (χ1n) is 6.08. The van der Waals surface area contributed by atoms with Gasteiger partial charge in [-0.3, -0.25) is 4.79 Å². The fraction of sp³-hybridized carbons (Fsp3) is 0.133. The molecule has 4 nitrogen and oxygen atoms in total. The molecule has 0 spiro atoms. The Morgan fingerprint density at radius 1 is 1.25 bits per heavy atom. The van der Waals surface area contributed by atoms with E-state index in [1.54, 1.807) is 13.2 Å². The SMILES string of the molecule is COc1cc2c(cc1NC(=O)CCl)oc1ccccc12. The van der Waals surface area contributed by atoms with Crippen molar-refractivity contribution in [2.45, 2.75) is 0 Å². The number of carbonyl (C=O) groups excluding carboxylic acids is 1. The number of para-hydroxylation sites is 1. The Bertz CT molecular complexity index is 794. The van der Waals surface area contributed by atoms with Gasteiger partial charge in [0.25, 0.3) is 0 Å². The average molecular weight is 290 g/mol. The van der Waals surface area contributed by atoms with Crippen molar-refractivity contribution in [2.75, 3.05) is 18.3 Å². The number of hydrogen-bond acceptors (Lipinski definition) is 3. The molecule has 0 fully saturated rings. The van der Waals surface area contributed by atoms with Crippen molar-refractivity contribution in [3.05, 3.63) is 36.4 Å². The number of fused-ring (bicyclic) bond motifs is 3. The van der Waals surface area contributed by atoms with Gasteiger partial charge in [0.15, 0.2) is 0 Å². The van der Waals surface area contributed by atoms with E-state index in [1.165, 1.54) is 0 Å². The van der Waals surface area contributed by atoms with Crippen LogP contribution < -0.4 is 10.1 Å². The molecule has 5 heteroatoms. The van der Waals surface area contributed by atoms with Gasteiger partial charge in [0.1, 0.15) is 22.8 Å². The zero-order valence-electron chi connectivity index (χ0n) is 10.8. The van der Waals surface area contributed by atoms with Crippen LogP contribution in [0.15, 0.2) is 40.8 Å².